The maximum Gasteiger partial charge on any atom is 0.252 e. The van der Waals surface area contributed by atoms with Crippen LogP contribution in [0.15, 0.2) is 66.7 Å². The molecule has 1 amide bonds. The van der Waals surface area contributed by atoms with Crippen LogP contribution >= 0.6 is 0 Å². The first-order valence-electron chi connectivity index (χ1n) is 9.11. The van der Waals surface area contributed by atoms with E-state index in [1.54, 1.807) is 24.3 Å². The lowest BCUT2D eigenvalue weighted by atomic mass is 9.98. The van der Waals surface area contributed by atoms with Gasteiger partial charge < -0.3 is 10.6 Å². The summed E-state index contributed by atoms with van der Waals surface area (Å²) < 4.78 is 26.7. The van der Waals surface area contributed by atoms with Gasteiger partial charge >= 0.3 is 0 Å². The highest BCUT2D eigenvalue weighted by atomic mass is 19.1. The fraction of sp³-hybridized carbons (Fsp3) is 0.0870. The van der Waals surface area contributed by atoms with Crippen molar-refractivity contribution in [2.45, 2.75) is 0 Å². The van der Waals surface area contributed by atoms with Gasteiger partial charge in [0.25, 0.3) is 5.91 Å². The van der Waals surface area contributed by atoms with Gasteiger partial charge in [0.1, 0.15) is 23.3 Å². The van der Waals surface area contributed by atoms with Crippen molar-refractivity contribution in [3.05, 3.63) is 101 Å². The van der Waals surface area contributed by atoms with Crippen LogP contribution < -0.4 is 10.6 Å². The van der Waals surface area contributed by atoms with E-state index in [1.807, 2.05) is 0 Å². The zero-order chi connectivity index (χ0) is 21.5. The summed E-state index contributed by atoms with van der Waals surface area (Å²) in [5, 5.41) is 14.6. The minimum Gasteiger partial charge on any atom is -0.382 e. The quantitative estimate of drug-likeness (QED) is 0.461. The van der Waals surface area contributed by atoms with Crippen LogP contribution in [-0.2, 0) is 0 Å². The van der Waals surface area contributed by atoms with Crippen LogP contribution in [0.3, 0.4) is 0 Å². The Morgan fingerprint density at radius 2 is 1.57 bits per heavy atom. The van der Waals surface area contributed by atoms with E-state index < -0.39 is 23.3 Å². The van der Waals surface area contributed by atoms with E-state index in [2.05, 4.69) is 10.6 Å². The van der Waals surface area contributed by atoms with Crippen LogP contribution in [0.4, 0.5) is 14.5 Å². The number of ketones is 1. The summed E-state index contributed by atoms with van der Waals surface area (Å²) in [7, 11) is 0. The van der Waals surface area contributed by atoms with Crippen molar-refractivity contribution in [2.24, 2.45) is 0 Å². The Kier molecular flexibility index (Phi) is 6.50. The fourth-order valence-corrected chi connectivity index (χ4v) is 2.89. The van der Waals surface area contributed by atoms with Crippen LogP contribution in [0.25, 0.3) is 0 Å². The van der Waals surface area contributed by atoms with Crippen molar-refractivity contribution >= 4 is 17.4 Å². The number of amides is 1. The predicted octanol–water partition coefficient (Wildman–Crippen LogP) is 3.91. The average Bonchev–Trinajstić information content (AvgIpc) is 2.76. The van der Waals surface area contributed by atoms with E-state index in [1.165, 1.54) is 48.5 Å². The summed E-state index contributed by atoms with van der Waals surface area (Å²) in [5.74, 6) is -1.93. The van der Waals surface area contributed by atoms with E-state index in [9.17, 15) is 18.4 Å². The molecule has 3 aromatic carbocycles. The second-order valence-corrected chi connectivity index (χ2v) is 6.34. The van der Waals surface area contributed by atoms with Gasteiger partial charge in [0.05, 0.1) is 11.3 Å². The fourth-order valence-electron chi connectivity index (χ4n) is 2.89. The van der Waals surface area contributed by atoms with Gasteiger partial charge in [-0.25, -0.2) is 8.78 Å². The van der Waals surface area contributed by atoms with E-state index in [-0.39, 0.29) is 35.3 Å². The van der Waals surface area contributed by atoms with Gasteiger partial charge in [-0.15, -0.1) is 0 Å². The van der Waals surface area contributed by atoms with Gasteiger partial charge in [-0.05, 0) is 42.5 Å². The first-order chi connectivity index (χ1) is 14.5. The second kappa shape index (κ2) is 9.43. The molecule has 0 aliphatic carbocycles. The average molecular weight is 405 g/mol. The Labute approximate surface area is 172 Å². The van der Waals surface area contributed by atoms with Crippen molar-refractivity contribution in [3.63, 3.8) is 0 Å². The predicted molar refractivity (Wildman–Crippen MR) is 108 cm³/mol. The van der Waals surface area contributed by atoms with Crippen LogP contribution in [0, 0.1) is 23.0 Å². The Morgan fingerprint density at radius 3 is 2.27 bits per heavy atom. The van der Waals surface area contributed by atoms with Gasteiger partial charge in [0.2, 0.25) is 0 Å². The molecule has 0 saturated heterocycles. The highest BCUT2D eigenvalue weighted by Crippen LogP contribution is 2.18. The monoisotopic (exact) mass is 405 g/mol. The minimum absolute atomic E-state index is 0.0981. The second-order valence-electron chi connectivity index (χ2n) is 6.34. The third-order valence-corrected chi connectivity index (χ3v) is 4.37. The third-order valence-electron chi connectivity index (χ3n) is 4.37. The van der Waals surface area contributed by atoms with Crippen molar-refractivity contribution < 1.29 is 18.4 Å². The molecule has 150 valence electrons. The molecule has 3 rings (SSSR count). The summed E-state index contributed by atoms with van der Waals surface area (Å²) in [5.41, 5.74) is 0.896. The van der Waals surface area contributed by atoms with E-state index in [0.717, 1.165) is 0 Å². The molecule has 0 saturated carbocycles. The number of nitrogens with zero attached hydrogens (tertiary/aromatic N) is 1. The Morgan fingerprint density at radius 1 is 0.867 bits per heavy atom. The number of benzene rings is 3. The molecule has 0 unspecified atom stereocenters. The van der Waals surface area contributed by atoms with Gasteiger partial charge in [0, 0.05) is 24.2 Å². The standard InChI is InChI=1S/C23H17F2N3O2/c24-16-10-8-15(9-11-16)22(29)17-4-1-2-5-18(17)23(30)28-13-12-27-21-7-3-6-20(25)19(21)14-26/h1-11,27H,12-13H2,(H,28,30). The van der Waals surface area contributed by atoms with Crippen LogP contribution in [-0.4, -0.2) is 24.8 Å². The highest BCUT2D eigenvalue weighted by Gasteiger charge is 2.18. The van der Waals surface area contributed by atoms with Gasteiger partial charge in [-0.3, -0.25) is 9.59 Å². The molecule has 2 N–H and O–H groups in total. The number of anilines is 1. The zero-order valence-electron chi connectivity index (χ0n) is 15.8. The van der Waals surface area contributed by atoms with E-state index in [4.69, 9.17) is 5.26 Å². The van der Waals surface area contributed by atoms with E-state index >= 15 is 0 Å². The zero-order valence-corrected chi connectivity index (χ0v) is 15.8. The molecule has 0 aromatic heterocycles. The molecule has 3 aromatic rings. The number of carbonyl (C=O) groups is 2. The third kappa shape index (κ3) is 4.67. The Balaban J connectivity index is 1.65. The first-order valence-corrected chi connectivity index (χ1v) is 9.11. The molecule has 0 aliphatic heterocycles. The first kappa shape index (κ1) is 20.7. The molecule has 0 spiro atoms. The smallest absolute Gasteiger partial charge is 0.252 e. The number of hydrogen-bond acceptors (Lipinski definition) is 4. The van der Waals surface area contributed by atoms with Crippen molar-refractivity contribution in [2.75, 3.05) is 18.4 Å². The van der Waals surface area contributed by atoms with Crippen molar-refractivity contribution in [1.82, 2.24) is 5.32 Å². The number of hydrogen-bond donors (Lipinski definition) is 2. The Bertz CT molecular complexity index is 1120. The normalized spacial score (nSPS) is 10.2. The Hall–Kier alpha value is -4.05. The molecule has 0 aliphatic rings. The number of nitriles is 1. The molecule has 30 heavy (non-hydrogen) atoms. The van der Waals surface area contributed by atoms with Gasteiger partial charge in [0.15, 0.2) is 5.78 Å². The molecule has 0 atom stereocenters. The van der Waals surface area contributed by atoms with Crippen molar-refractivity contribution in [1.29, 1.82) is 5.26 Å². The van der Waals surface area contributed by atoms with Gasteiger partial charge in [-0.2, -0.15) is 5.26 Å². The molecule has 0 heterocycles. The SMILES string of the molecule is N#Cc1c(F)cccc1NCCNC(=O)c1ccccc1C(=O)c1ccc(F)cc1. The summed E-state index contributed by atoms with van der Waals surface area (Å²) in [6, 6.07) is 17.5. The number of halogens is 2. The number of carbonyl (C=O) groups excluding carboxylic acids is 2. The molecule has 0 bridgehead atoms. The molecule has 0 radical (unpaired) electrons. The molecule has 5 nitrogen and oxygen atoms in total. The summed E-state index contributed by atoms with van der Waals surface area (Å²) in [4.78, 5) is 25.3. The lowest BCUT2D eigenvalue weighted by Gasteiger charge is -2.11. The van der Waals surface area contributed by atoms with E-state index in [0.29, 0.717) is 5.69 Å². The van der Waals surface area contributed by atoms with Crippen LogP contribution in [0.5, 0.6) is 0 Å². The maximum atomic E-state index is 13.6. The summed E-state index contributed by atoms with van der Waals surface area (Å²) in [6.45, 7) is 0.428. The van der Waals surface area contributed by atoms with Crippen LogP contribution in [0.2, 0.25) is 0 Å². The lowest BCUT2D eigenvalue weighted by molar-refractivity contribution is 0.0943. The lowest BCUT2D eigenvalue weighted by Crippen LogP contribution is -2.30. The number of rotatable bonds is 7. The molecule has 0 fully saturated rings. The highest BCUT2D eigenvalue weighted by molar-refractivity contribution is 6.15. The molecule has 7 heteroatoms. The largest absolute Gasteiger partial charge is 0.382 e. The topological polar surface area (TPSA) is 82.0 Å². The van der Waals surface area contributed by atoms with Crippen molar-refractivity contribution in [3.8, 4) is 6.07 Å². The molecular formula is C23H17F2N3O2. The van der Waals surface area contributed by atoms with Crippen LogP contribution in [0.1, 0.15) is 31.8 Å². The molecular weight excluding hydrogens is 388 g/mol. The summed E-state index contributed by atoms with van der Waals surface area (Å²) in [6.07, 6.45) is 0. The number of nitrogens with one attached hydrogen (secondary N) is 2. The summed E-state index contributed by atoms with van der Waals surface area (Å²) >= 11 is 0. The minimum atomic E-state index is -0.625. The van der Waals surface area contributed by atoms with Gasteiger partial charge in [-0.1, -0.05) is 24.3 Å². The maximum absolute atomic E-state index is 13.6.